The van der Waals surface area contributed by atoms with Crippen LogP contribution < -0.4 is 0 Å². The van der Waals surface area contributed by atoms with Gasteiger partial charge in [-0.3, -0.25) is 9.79 Å². The molecule has 3 nitrogen and oxygen atoms in total. The normalized spacial score (nSPS) is 16.8. The molecular formula is C13H15ClN2O. The van der Waals surface area contributed by atoms with Gasteiger partial charge in [-0.2, -0.15) is 0 Å². The molecule has 0 aromatic heterocycles. The summed E-state index contributed by atoms with van der Waals surface area (Å²) in [6, 6.07) is 9.25. The molecule has 1 aliphatic rings. The Balaban J connectivity index is 1.97. The van der Waals surface area contributed by atoms with Crippen molar-refractivity contribution in [2.75, 3.05) is 13.1 Å². The molecule has 2 rings (SSSR count). The Morgan fingerprint density at radius 2 is 2.18 bits per heavy atom. The maximum absolute atomic E-state index is 12.0. The van der Waals surface area contributed by atoms with Crippen molar-refractivity contribution in [2.24, 2.45) is 4.99 Å². The fraction of sp³-hybridized carbons (Fsp3) is 0.385. The highest BCUT2D eigenvalue weighted by Crippen LogP contribution is 2.16. The Hall–Kier alpha value is -1.35. The quantitative estimate of drug-likeness (QED) is 0.467. The van der Waals surface area contributed by atoms with Crippen LogP contribution in [0.4, 0.5) is 0 Å². The number of Topliss-reactive ketones (excluding diaryl/α,β-unsaturated/α-hetero) is 1. The van der Waals surface area contributed by atoms with Gasteiger partial charge in [0.05, 0.1) is 12.4 Å². The number of aliphatic imine (C=N–C) groups is 1. The van der Waals surface area contributed by atoms with Crippen LogP contribution in [0, 0.1) is 0 Å². The molecule has 0 radical (unpaired) electrons. The number of nitrogens with zero attached hydrogens (tertiary/aromatic N) is 2. The molecule has 0 amide bonds. The predicted octanol–water partition coefficient (Wildman–Crippen LogP) is 2.56. The number of rotatable bonds is 4. The third-order valence-corrected chi connectivity index (χ3v) is 3.27. The summed E-state index contributed by atoms with van der Waals surface area (Å²) in [5, 5.41) is 0. The summed E-state index contributed by atoms with van der Waals surface area (Å²) in [5.41, 5.74) is 0.417. The molecule has 0 spiro atoms. The first-order chi connectivity index (χ1) is 8.18. The molecule has 0 saturated heterocycles. The average Bonchev–Trinajstić information content (AvgIpc) is 2.76. The van der Waals surface area contributed by atoms with Gasteiger partial charge in [-0.05, 0) is 6.92 Å². The Bertz CT molecular complexity index is 430. The Morgan fingerprint density at radius 3 is 2.76 bits per heavy atom. The van der Waals surface area contributed by atoms with Crippen molar-refractivity contribution in [1.29, 1.82) is 0 Å². The zero-order chi connectivity index (χ0) is 12.3. The summed E-state index contributed by atoms with van der Waals surface area (Å²) < 4.78 is 0. The second-order valence-corrected chi connectivity index (χ2v) is 4.55. The number of alkyl halides is 1. The number of carbonyl (C=O) groups is 1. The highest BCUT2D eigenvalue weighted by atomic mass is 35.5. The molecule has 0 fully saturated rings. The van der Waals surface area contributed by atoms with E-state index in [4.69, 9.17) is 11.6 Å². The third kappa shape index (κ3) is 2.86. The maximum atomic E-state index is 12.0. The molecule has 0 N–H and O–H groups in total. The minimum absolute atomic E-state index is 0.0744. The largest absolute Gasteiger partial charge is 0.342 e. The second-order valence-electron chi connectivity index (χ2n) is 4.05. The van der Waals surface area contributed by atoms with Crippen LogP contribution in [0.25, 0.3) is 0 Å². The molecule has 90 valence electrons. The topological polar surface area (TPSA) is 32.7 Å². The van der Waals surface area contributed by atoms with Crippen LogP contribution in [-0.2, 0) is 0 Å². The molecule has 1 aliphatic heterocycles. The van der Waals surface area contributed by atoms with Gasteiger partial charge in [0, 0.05) is 18.5 Å². The minimum Gasteiger partial charge on any atom is -0.342 e. The van der Waals surface area contributed by atoms with Crippen molar-refractivity contribution in [1.82, 2.24) is 4.90 Å². The fourth-order valence-corrected chi connectivity index (χ4v) is 2.30. The van der Waals surface area contributed by atoms with E-state index in [2.05, 4.69) is 4.99 Å². The number of hydrogen-bond acceptors (Lipinski definition) is 3. The van der Waals surface area contributed by atoms with Crippen LogP contribution in [0.1, 0.15) is 23.7 Å². The molecule has 1 aromatic rings. The average molecular weight is 251 g/mol. The lowest BCUT2D eigenvalue weighted by atomic mass is 10.1. The molecule has 1 heterocycles. The zero-order valence-corrected chi connectivity index (χ0v) is 10.5. The van der Waals surface area contributed by atoms with Crippen LogP contribution in [0.5, 0.6) is 0 Å². The minimum atomic E-state index is -0.297. The summed E-state index contributed by atoms with van der Waals surface area (Å²) in [5.74, 6) is 0.996. The molecule has 0 saturated carbocycles. The highest BCUT2D eigenvalue weighted by molar-refractivity contribution is 6.23. The second kappa shape index (κ2) is 5.32. The molecule has 17 heavy (non-hydrogen) atoms. The molecule has 1 unspecified atom stereocenters. The smallest absolute Gasteiger partial charge is 0.166 e. The summed E-state index contributed by atoms with van der Waals surface area (Å²) in [6.45, 7) is 3.51. The summed E-state index contributed by atoms with van der Waals surface area (Å²) in [6.07, 6.45) is 0.318. The third-order valence-electron chi connectivity index (χ3n) is 2.88. The van der Waals surface area contributed by atoms with Gasteiger partial charge in [-0.25, -0.2) is 0 Å². The number of amidine groups is 1. The number of ketones is 1. The number of hydrogen-bond donors (Lipinski definition) is 0. The summed E-state index contributed by atoms with van der Waals surface area (Å²) in [7, 11) is 0. The lowest BCUT2D eigenvalue weighted by Crippen LogP contribution is -2.34. The van der Waals surface area contributed by atoms with Crippen LogP contribution >= 0.6 is 11.6 Å². The number of benzene rings is 1. The summed E-state index contributed by atoms with van der Waals surface area (Å²) in [4.78, 5) is 18.2. The van der Waals surface area contributed by atoms with Crippen molar-refractivity contribution in [3.8, 4) is 0 Å². The monoisotopic (exact) mass is 250 g/mol. The zero-order valence-electron chi connectivity index (χ0n) is 9.77. The Kier molecular flexibility index (Phi) is 3.79. The molecule has 1 atom stereocenters. The van der Waals surface area contributed by atoms with E-state index in [1.165, 1.54) is 0 Å². The molecule has 4 heteroatoms. The van der Waals surface area contributed by atoms with Crippen LogP contribution in [0.3, 0.4) is 0 Å². The van der Waals surface area contributed by atoms with Gasteiger partial charge in [0.2, 0.25) is 0 Å². The van der Waals surface area contributed by atoms with Crippen molar-refractivity contribution in [2.45, 2.75) is 18.8 Å². The van der Waals surface area contributed by atoms with Gasteiger partial charge in [0.1, 0.15) is 5.50 Å². The Morgan fingerprint density at radius 1 is 1.47 bits per heavy atom. The molecule has 0 bridgehead atoms. The lowest BCUT2D eigenvalue weighted by molar-refractivity contribution is 0.0969. The van der Waals surface area contributed by atoms with Gasteiger partial charge in [-0.1, -0.05) is 41.9 Å². The van der Waals surface area contributed by atoms with Gasteiger partial charge in [0.25, 0.3) is 0 Å². The van der Waals surface area contributed by atoms with Gasteiger partial charge >= 0.3 is 0 Å². The SMILES string of the molecule is CC1=NCCN1C(Cl)CC(=O)c1ccccc1. The van der Waals surface area contributed by atoms with Gasteiger partial charge in [0.15, 0.2) is 5.78 Å². The van der Waals surface area contributed by atoms with E-state index in [1.54, 1.807) is 0 Å². The highest BCUT2D eigenvalue weighted by Gasteiger charge is 2.23. The van der Waals surface area contributed by atoms with E-state index in [0.29, 0.717) is 12.0 Å². The maximum Gasteiger partial charge on any atom is 0.166 e. The van der Waals surface area contributed by atoms with E-state index < -0.39 is 0 Å². The van der Waals surface area contributed by atoms with Crippen LogP contribution in [0.2, 0.25) is 0 Å². The van der Waals surface area contributed by atoms with E-state index >= 15 is 0 Å². The van der Waals surface area contributed by atoms with Gasteiger partial charge < -0.3 is 4.90 Å². The van der Waals surface area contributed by atoms with Gasteiger partial charge in [-0.15, -0.1) is 0 Å². The lowest BCUT2D eigenvalue weighted by Gasteiger charge is -2.23. The predicted molar refractivity (Wildman–Crippen MR) is 69.7 cm³/mol. The van der Waals surface area contributed by atoms with E-state index in [1.807, 2.05) is 42.2 Å². The fourth-order valence-electron chi connectivity index (χ4n) is 1.92. The van der Waals surface area contributed by atoms with E-state index in [9.17, 15) is 4.79 Å². The number of carbonyl (C=O) groups excluding carboxylic acids is 1. The van der Waals surface area contributed by atoms with Crippen molar-refractivity contribution >= 4 is 23.2 Å². The van der Waals surface area contributed by atoms with E-state index in [0.717, 1.165) is 18.9 Å². The van der Waals surface area contributed by atoms with Crippen molar-refractivity contribution < 1.29 is 4.79 Å². The van der Waals surface area contributed by atoms with Crippen LogP contribution in [0.15, 0.2) is 35.3 Å². The molecule has 1 aromatic carbocycles. The molecular weight excluding hydrogens is 236 g/mol. The first-order valence-electron chi connectivity index (χ1n) is 5.68. The van der Waals surface area contributed by atoms with E-state index in [-0.39, 0.29) is 11.3 Å². The first kappa shape index (κ1) is 12.1. The van der Waals surface area contributed by atoms with Crippen LogP contribution in [-0.4, -0.2) is 35.1 Å². The molecule has 0 aliphatic carbocycles. The van der Waals surface area contributed by atoms with Crippen molar-refractivity contribution in [3.05, 3.63) is 35.9 Å². The van der Waals surface area contributed by atoms with Crippen molar-refractivity contribution in [3.63, 3.8) is 0 Å². The first-order valence-corrected chi connectivity index (χ1v) is 6.12. The standard InChI is InChI=1S/C13H15ClN2O/c1-10-15-7-8-16(10)13(14)9-12(17)11-5-3-2-4-6-11/h2-6,13H,7-9H2,1H3. The number of halogens is 1. The Labute approximate surface area is 106 Å². The summed E-state index contributed by atoms with van der Waals surface area (Å²) >= 11 is 6.25.